The van der Waals surface area contributed by atoms with E-state index in [0.29, 0.717) is 42.7 Å². The molecule has 31 heavy (non-hydrogen) atoms. The number of carbonyl (C=O) groups is 1. The molecule has 1 fully saturated rings. The molecule has 0 spiro atoms. The number of aromatic nitrogens is 4. The number of imidazole rings is 1. The van der Waals surface area contributed by atoms with Crippen molar-refractivity contribution in [1.82, 2.24) is 24.4 Å². The highest BCUT2D eigenvalue weighted by Gasteiger charge is 2.21. The van der Waals surface area contributed by atoms with Crippen LogP contribution in [0, 0.1) is 12.8 Å². The molecule has 2 aromatic rings. The van der Waals surface area contributed by atoms with Crippen molar-refractivity contribution in [3.63, 3.8) is 0 Å². The molecular weight excluding hydrogens is 398 g/mol. The fourth-order valence-corrected chi connectivity index (χ4v) is 4.06. The Labute approximate surface area is 183 Å². The van der Waals surface area contributed by atoms with Crippen LogP contribution in [0.5, 0.6) is 6.01 Å². The summed E-state index contributed by atoms with van der Waals surface area (Å²) in [6.45, 7) is 8.18. The molecule has 172 valence electrons. The minimum Gasteiger partial charge on any atom is -0.469 e. The first-order chi connectivity index (χ1) is 15.0. The number of fused-ring (bicyclic) bond motifs is 1. The molecule has 0 aromatic carbocycles. The van der Waals surface area contributed by atoms with Crippen LogP contribution in [-0.4, -0.2) is 63.7 Å². The number of hydrogen-bond acceptors (Lipinski definition) is 7. The van der Waals surface area contributed by atoms with Crippen molar-refractivity contribution < 1.29 is 14.3 Å². The van der Waals surface area contributed by atoms with Crippen LogP contribution in [0.15, 0.2) is 4.79 Å². The Balaban J connectivity index is 1.50. The van der Waals surface area contributed by atoms with Crippen LogP contribution in [0.25, 0.3) is 11.2 Å². The third kappa shape index (κ3) is 6.29. The predicted molar refractivity (Wildman–Crippen MR) is 118 cm³/mol. The van der Waals surface area contributed by atoms with Gasteiger partial charge in [0.15, 0.2) is 5.65 Å². The number of aryl methyl sites for hydroxylation is 2. The van der Waals surface area contributed by atoms with Gasteiger partial charge in [-0.1, -0.05) is 13.3 Å². The Morgan fingerprint density at radius 3 is 2.61 bits per heavy atom. The smallest absolute Gasteiger partial charge is 0.327 e. The number of H-pyrrole nitrogens is 1. The standard InChI is InChI=1S/C22H35N5O4/c1-4-5-14-31-21-23-16(2)19-20(25-21)27(22(29)24-19)11-7-6-10-26-12-8-17(9-13-26)15-18(28)30-3/h17H,4-15H2,1-3H3,(H,24,29). The first kappa shape index (κ1) is 23.2. The lowest BCUT2D eigenvalue weighted by molar-refractivity contribution is -0.142. The number of nitrogens with one attached hydrogen (secondary N) is 1. The van der Waals surface area contributed by atoms with E-state index >= 15 is 0 Å². The van der Waals surface area contributed by atoms with Gasteiger partial charge in [-0.3, -0.25) is 9.36 Å². The molecule has 3 heterocycles. The number of methoxy groups -OCH3 is 1. The van der Waals surface area contributed by atoms with Gasteiger partial charge in [0.2, 0.25) is 0 Å². The summed E-state index contributed by atoms with van der Waals surface area (Å²) in [5.41, 5.74) is 1.87. The van der Waals surface area contributed by atoms with Crippen molar-refractivity contribution >= 4 is 17.1 Å². The molecule has 3 rings (SSSR count). The minimum absolute atomic E-state index is 0.111. The third-order valence-corrected chi connectivity index (χ3v) is 6.01. The number of nitrogens with zero attached hydrogens (tertiary/aromatic N) is 4. The minimum atomic E-state index is -0.151. The van der Waals surface area contributed by atoms with Crippen LogP contribution in [0.2, 0.25) is 0 Å². The maximum absolute atomic E-state index is 12.5. The Morgan fingerprint density at radius 1 is 1.16 bits per heavy atom. The van der Waals surface area contributed by atoms with Crippen LogP contribution < -0.4 is 10.4 Å². The van der Waals surface area contributed by atoms with Crippen molar-refractivity contribution in [3.8, 4) is 6.01 Å². The van der Waals surface area contributed by atoms with Crippen molar-refractivity contribution in [2.24, 2.45) is 5.92 Å². The number of carbonyl (C=O) groups excluding carboxylic acids is 1. The molecule has 0 aliphatic carbocycles. The first-order valence-electron chi connectivity index (χ1n) is 11.4. The zero-order chi connectivity index (χ0) is 22.2. The molecule has 0 unspecified atom stereocenters. The summed E-state index contributed by atoms with van der Waals surface area (Å²) in [4.78, 5) is 38.1. The monoisotopic (exact) mass is 433 g/mol. The van der Waals surface area contributed by atoms with E-state index in [1.807, 2.05) is 6.92 Å². The molecule has 2 aromatic heterocycles. The summed E-state index contributed by atoms with van der Waals surface area (Å²) in [6.07, 6.45) is 6.48. The van der Waals surface area contributed by atoms with Gasteiger partial charge in [-0.2, -0.15) is 9.97 Å². The Kier molecular flexibility index (Phi) is 8.45. The zero-order valence-electron chi connectivity index (χ0n) is 19.0. The fraction of sp³-hybridized carbons (Fsp3) is 0.727. The maximum Gasteiger partial charge on any atom is 0.327 e. The van der Waals surface area contributed by atoms with Crippen molar-refractivity contribution in [1.29, 1.82) is 0 Å². The molecule has 1 N–H and O–H groups in total. The van der Waals surface area contributed by atoms with Gasteiger partial charge in [-0.05, 0) is 64.6 Å². The fourth-order valence-electron chi connectivity index (χ4n) is 4.06. The van der Waals surface area contributed by atoms with E-state index < -0.39 is 0 Å². The molecule has 9 heteroatoms. The van der Waals surface area contributed by atoms with Gasteiger partial charge in [-0.15, -0.1) is 0 Å². The molecule has 0 saturated carbocycles. The van der Waals surface area contributed by atoms with Crippen molar-refractivity contribution in [3.05, 3.63) is 16.2 Å². The van der Waals surface area contributed by atoms with E-state index in [4.69, 9.17) is 9.47 Å². The molecule has 1 aliphatic heterocycles. The number of piperidine rings is 1. The molecule has 0 radical (unpaired) electrons. The van der Waals surface area contributed by atoms with Crippen molar-refractivity contribution in [2.75, 3.05) is 33.4 Å². The molecule has 1 saturated heterocycles. The van der Waals surface area contributed by atoms with Gasteiger partial charge in [0.25, 0.3) is 0 Å². The van der Waals surface area contributed by atoms with Gasteiger partial charge in [0.1, 0.15) is 5.52 Å². The highest BCUT2D eigenvalue weighted by molar-refractivity contribution is 5.73. The predicted octanol–water partition coefficient (Wildman–Crippen LogP) is 2.66. The summed E-state index contributed by atoms with van der Waals surface area (Å²) in [7, 11) is 1.45. The van der Waals surface area contributed by atoms with E-state index in [9.17, 15) is 9.59 Å². The second-order valence-corrected chi connectivity index (χ2v) is 8.35. The number of esters is 1. The summed E-state index contributed by atoms with van der Waals surface area (Å²) >= 11 is 0. The van der Waals surface area contributed by atoms with Crippen LogP contribution >= 0.6 is 0 Å². The van der Waals surface area contributed by atoms with Gasteiger partial charge < -0.3 is 19.4 Å². The average molecular weight is 434 g/mol. The molecule has 0 bridgehead atoms. The number of likely N-dealkylation sites (tertiary alicyclic amines) is 1. The van der Waals surface area contributed by atoms with Crippen molar-refractivity contribution in [2.45, 2.75) is 65.3 Å². The Hall–Kier alpha value is -2.42. The molecule has 0 atom stereocenters. The maximum atomic E-state index is 12.5. The highest BCUT2D eigenvalue weighted by atomic mass is 16.5. The Bertz CT molecular complexity index is 914. The van der Waals surface area contributed by atoms with Gasteiger partial charge >= 0.3 is 17.7 Å². The summed E-state index contributed by atoms with van der Waals surface area (Å²) < 4.78 is 12.1. The second-order valence-electron chi connectivity index (χ2n) is 8.35. The average Bonchev–Trinajstić information content (AvgIpc) is 3.08. The number of rotatable bonds is 11. The number of ether oxygens (including phenoxy) is 2. The van der Waals surface area contributed by atoms with E-state index in [0.717, 1.165) is 63.9 Å². The number of unbranched alkanes of at least 4 members (excludes halogenated alkanes) is 2. The van der Waals surface area contributed by atoms with Gasteiger partial charge in [0, 0.05) is 13.0 Å². The molecule has 9 nitrogen and oxygen atoms in total. The van der Waals surface area contributed by atoms with E-state index in [-0.39, 0.29) is 11.7 Å². The molecule has 0 amide bonds. The van der Waals surface area contributed by atoms with Gasteiger partial charge in [-0.25, -0.2) is 4.79 Å². The van der Waals surface area contributed by atoms with Crippen LogP contribution in [0.3, 0.4) is 0 Å². The normalized spacial score (nSPS) is 15.5. The SMILES string of the molecule is CCCCOc1nc(C)c2[nH]c(=O)n(CCCCN3CCC(CC(=O)OC)CC3)c2n1. The van der Waals surface area contributed by atoms with Crippen LogP contribution in [0.4, 0.5) is 0 Å². The topological polar surface area (TPSA) is 102 Å². The summed E-state index contributed by atoms with van der Waals surface area (Å²) in [6, 6.07) is 0.334. The zero-order valence-corrected chi connectivity index (χ0v) is 19.0. The van der Waals surface area contributed by atoms with Gasteiger partial charge in [0.05, 0.1) is 19.4 Å². The van der Waals surface area contributed by atoms with Crippen LogP contribution in [-0.2, 0) is 16.1 Å². The lowest BCUT2D eigenvalue weighted by atomic mass is 9.93. The number of aromatic amines is 1. The first-order valence-corrected chi connectivity index (χ1v) is 11.4. The summed E-state index contributed by atoms with van der Waals surface area (Å²) in [5.74, 6) is 0.325. The molecule has 1 aliphatic rings. The largest absolute Gasteiger partial charge is 0.469 e. The third-order valence-electron chi connectivity index (χ3n) is 6.01. The number of hydrogen-bond donors (Lipinski definition) is 1. The quantitative estimate of drug-likeness (QED) is 0.429. The highest BCUT2D eigenvalue weighted by Crippen LogP contribution is 2.21. The van der Waals surface area contributed by atoms with E-state index in [2.05, 4.69) is 26.8 Å². The second kappa shape index (κ2) is 11.3. The van der Waals surface area contributed by atoms with Crippen LogP contribution in [0.1, 0.15) is 57.6 Å². The molecular formula is C22H35N5O4. The van der Waals surface area contributed by atoms with E-state index in [1.165, 1.54) is 7.11 Å². The van der Waals surface area contributed by atoms with E-state index in [1.54, 1.807) is 4.57 Å². The Morgan fingerprint density at radius 2 is 1.90 bits per heavy atom. The lowest BCUT2D eigenvalue weighted by Crippen LogP contribution is -2.35. The summed E-state index contributed by atoms with van der Waals surface area (Å²) in [5, 5.41) is 0. The lowest BCUT2D eigenvalue weighted by Gasteiger charge is -2.31.